The summed E-state index contributed by atoms with van der Waals surface area (Å²) in [6, 6.07) is 0. The van der Waals surface area contributed by atoms with Crippen molar-refractivity contribution >= 4 is 5.78 Å². The molecule has 2 bridgehead atoms. The predicted molar refractivity (Wildman–Crippen MR) is 42.8 cm³/mol. The van der Waals surface area contributed by atoms with Crippen molar-refractivity contribution in [1.29, 1.82) is 0 Å². The maximum Gasteiger partial charge on any atom is 0.167 e. The molecule has 0 aromatic heterocycles. The highest BCUT2D eigenvalue weighted by Crippen LogP contribution is 2.46. The van der Waals surface area contributed by atoms with Crippen LogP contribution in [0.5, 0.6) is 0 Å². The zero-order valence-corrected chi connectivity index (χ0v) is 7.46. The van der Waals surface area contributed by atoms with Crippen molar-refractivity contribution in [3.63, 3.8) is 0 Å². The standard InChI is InChI=1S/C9H14O3/c1-8-3-4-9(2,12-8)7(11)6(10)5-8/h7,11H,3-5H2,1-2H3/t7-,8-,9+/m1/s1. The molecule has 1 N–H and O–H groups in total. The second kappa shape index (κ2) is 2.09. The zero-order valence-electron chi connectivity index (χ0n) is 7.46. The van der Waals surface area contributed by atoms with Crippen LogP contribution in [-0.4, -0.2) is 28.2 Å². The molecule has 0 aromatic carbocycles. The smallest absolute Gasteiger partial charge is 0.167 e. The molecule has 0 amide bonds. The Kier molecular flexibility index (Phi) is 1.43. The molecule has 3 heteroatoms. The molecule has 0 aliphatic carbocycles. The summed E-state index contributed by atoms with van der Waals surface area (Å²) in [6.45, 7) is 3.77. The third-order valence-corrected chi connectivity index (χ3v) is 3.06. The first-order valence-electron chi connectivity index (χ1n) is 4.36. The van der Waals surface area contributed by atoms with Gasteiger partial charge in [-0.05, 0) is 26.7 Å². The molecule has 12 heavy (non-hydrogen) atoms. The fourth-order valence-electron chi connectivity index (χ4n) is 2.30. The lowest BCUT2D eigenvalue weighted by Gasteiger charge is -2.38. The molecule has 2 heterocycles. The number of hydrogen-bond acceptors (Lipinski definition) is 3. The van der Waals surface area contributed by atoms with E-state index in [-0.39, 0.29) is 11.4 Å². The highest BCUT2D eigenvalue weighted by molar-refractivity contribution is 5.86. The van der Waals surface area contributed by atoms with E-state index in [2.05, 4.69) is 0 Å². The van der Waals surface area contributed by atoms with Gasteiger partial charge in [-0.15, -0.1) is 0 Å². The first-order valence-corrected chi connectivity index (χ1v) is 4.36. The topological polar surface area (TPSA) is 46.5 Å². The molecule has 3 atom stereocenters. The Morgan fingerprint density at radius 3 is 2.83 bits per heavy atom. The Balaban J connectivity index is 2.34. The van der Waals surface area contributed by atoms with E-state index >= 15 is 0 Å². The first-order chi connectivity index (χ1) is 5.45. The zero-order chi connectivity index (χ0) is 8.98. The lowest BCUT2D eigenvalue weighted by molar-refractivity contribution is -0.185. The van der Waals surface area contributed by atoms with Gasteiger partial charge in [-0.1, -0.05) is 0 Å². The van der Waals surface area contributed by atoms with Crippen LogP contribution in [0.15, 0.2) is 0 Å². The fourth-order valence-corrected chi connectivity index (χ4v) is 2.30. The van der Waals surface area contributed by atoms with Crippen LogP contribution >= 0.6 is 0 Å². The number of ether oxygens (including phenoxy) is 1. The van der Waals surface area contributed by atoms with Crippen LogP contribution in [0.2, 0.25) is 0 Å². The molecule has 2 fully saturated rings. The van der Waals surface area contributed by atoms with E-state index in [9.17, 15) is 9.90 Å². The number of carbonyl (C=O) groups excluding carboxylic acids is 1. The van der Waals surface area contributed by atoms with Crippen molar-refractivity contribution in [2.75, 3.05) is 0 Å². The van der Waals surface area contributed by atoms with Crippen molar-refractivity contribution < 1.29 is 14.6 Å². The molecule has 0 radical (unpaired) electrons. The van der Waals surface area contributed by atoms with Gasteiger partial charge < -0.3 is 9.84 Å². The molecular formula is C9H14O3. The van der Waals surface area contributed by atoms with Crippen LogP contribution in [0.1, 0.15) is 33.1 Å². The number of Topliss-reactive ketones (excluding diaryl/α,β-unsaturated/α-hetero) is 1. The van der Waals surface area contributed by atoms with Crippen LogP contribution in [0.25, 0.3) is 0 Å². The minimum Gasteiger partial charge on any atom is -0.382 e. The van der Waals surface area contributed by atoms with Gasteiger partial charge in [0.2, 0.25) is 0 Å². The van der Waals surface area contributed by atoms with Gasteiger partial charge in [0.05, 0.1) is 11.2 Å². The number of aliphatic hydroxyl groups excluding tert-OH is 1. The molecule has 2 rings (SSSR count). The molecule has 0 aromatic rings. The van der Waals surface area contributed by atoms with Crippen molar-refractivity contribution in [3.8, 4) is 0 Å². The summed E-state index contributed by atoms with van der Waals surface area (Å²) >= 11 is 0. The molecule has 2 saturated heterocycles. The van der Waals surface area contributed by atoms with Crippen molar-refractivity contribution in [2.45, 2.75) is 50.4 Å². The molecule has 2 aliphatic heterocycles. The SMILES string of the molecule is C[C@]12CC[C@](C)(O1)[C@H](O)C(=O)C2. The summed E-state index contributed by atoms with van der Waals surface area (Å²) in [5.41, 5.74) is -0.908. The van der Waals surface area contributed by atoms with Crippen LogP contribution in [0.4, 0.5) is 0 Å². The summed E-state index contributed by atoms with van der Waals surface area (Å²) in [4.78, 5) is 11.3. The van der Waals surface area contributed by atoms with Gasteiger partial charge in [-0.25, -0.2) is 0 Å². The largest absolute Gasteiger partial charge is 0.382 e. The molecular weight excluding hydrogens is 156 g/mol. The Morgan fingerprint density at radius 1 is 1.50 bits per heavy atom. The van der Waals surface area contributed by atoms with E-state index < -0.39 is 11.7 Å². The van der Waals surface area contributed by atoms with Gasteiger partial charge in [-0.3, -0.25) is 4.79 Å². The minimum atomic E-state index is -0.909. The summed E-state index contributed by atoms with van der Waals surface area (Å²) in [6.07, 6.45) is 1.12. The van der Waals surface area contributed by atoms with E-state index in [1.165, 1.54) is 0 Å². The first kappa shape index (κ1) is 8.20. The summed E-state index contributed by atoms with van der Waals surface area (Å²) in [5, 5.41) is 9.56. The van der Waals surface area contributed by atoms with Crippen LogP contribution in [0.3, 0.4) is 0 Å². The average molecular weight is 170 g/mol. The second-order valence-corrected chi connectivity index (χ2v) is 4.41. The van der Waals surface area contributed by atoms with E-state index in [0.29, 0.717) is 6.42 Å². The maximum absolute atomic E-state index is 11.3. The van der Waals surface area contributed by atoms with Crippen molar-refractivity contribution in [2.24, 2.45) is 0 Å². The van der Waals surface area contributed by atoms with Crippen LogP contribution in [0, 0.1) is 0 Å². The molecule has 0 unspecified atom stereocenters. The number of carbonyl (C=O) groups is 1. The van der Waals surface area contributed by atoms with Crippen molar-refractivity contribution in [3.05, 3.63) is 0 Å². The van der Waals surface area contributed by atoms with E-state index in [0.717, 1.165) is 12.8 Å². The molecule has 2 aliphatic rings. The third kappa shape index (κ3) is 0.930. The predicted octanol–water partition coefficient (Wildman–Crippen LogP) is 0.648. The maximum atomic E-state index is 11.3. The average Bonchev–Trinajstić information content (AvgIpc) is 2.22. The number of fused-ring (bicyclic) bond motifs is 2. The van der Waals surface area contributed by atoms with Gasteiger partial charge in [0.25, 0.3) is 0 Å². The Hall–Kier alpha value is -0.410. The van der Waals surface area contributed by atoms with Crippen molar-refractivity contribution in [1.82, 2.24) is 0 Å². The Morgan fingerprint density at radius 2 is 2.17 bits per heavy atom. The van der Waals surface area contributed by atoms with Crippen LogP contribution < -0.4 is 0 Å². The lowest BCUT2D eigenvalue weighted by atomic mass is 9.91. The number of hydrogen-bond donors (Lipinski definition) is 1. The highest BCUT2D eigenvalue weighted by atomic mass is 16.5. The number of ketones is 1. The Bertz CT molecular complexity index is 238. The van der Waals surface area contributed by atoms with E-state index in [1.807, 2.05) is 13.8 Å². The van der Waals surface area contributed by atoms with Crippen LogP contribution in [-0.2, 0) is 9.53 Å². The summed E-state index contributed by atoms with van der Waals surface area (Å²) in [5.74, 6) is -0.0660. The highest BCUT2D eigenvalue weighted by Gasteiger charge is 2.55. The van der Waals surface area contributed by atoms with Gasteiger partial charge in [0.15, 0.2) is 5.78 Å². The number of rotatable bonds is 0. The fraction of sp³-hybridized carbons (Fsp3) is 0.889. The quantitative estimate of drug-likeness (QED) is 0.580. The normalized spacial score (nSPS) is 52.9. The second-order valence-electron chi connectivity index (χ2n) is 4.41. The van der Waals surface area contributed by atoms with E-state index in [4.69, 9.17) is 4.74 Å². The minimum absolute atomic E-state index is 0.0660. The van der Waals surface area contributed by atoms with Gasteiger partial charge in [0.1, 0.15) is 6.10 Å². The summed E-state index contributed by atoms with van der Waals surface area (Å²) < 4.78 is 5.68. The van der Waals surface area contributed by atoms with Gasteiger partial charge >= 0.3 is 0 Å². The molecule has 68 valence electrons. The number of aliphatic hydroxyl groups is 1. The van der Waals surface area contributed by atoms with E-state index in [1.54, 1.807) is 0 Å². The monoisotopic (exact) mass is 170 g/mol. The molecule has 3 nitrogen and oxygen atoms in total. The van der Waals surface area contributed by atoms with Gasteiger partial charge in [-0.2, -0.15) is 0 Å². The Labute approximate surface area is 71.7 Å². The lowest BCUT2D eigenvalue weighted by Crippen LogP contribution is -2.52. The molecule has 0 spiro atoms. The third-order valence-electron chi connectivity index (χ3n) is 3.06. The summed E-state index contributed by atoms with van der Waals surface area (Å²) in [7, 11) is 0. The van der Waals surface area contributed by atoms with Gasteiger partial charge in [0, 0.05) is 6.42 Å². The molecule has 0 saturated carbocycles.